The molecule has 1 N–H and O–H groups in total. The lowest BCUT2D eigenvalue weighted by Gasteiger charge is -2.10. The van der Waals surface area contributed by atoms with E-state index < -0.39 is 0 Å². The normalized spacial score (nSPS) is 10.8. The van der Waals surface area contributed by atoms with Gasteiger partial charge in [-0.05, 0) is 40.7 Å². The van der Waals surface area contributed by atoms with Crippen LogP contribution < -0.4 is 5.32 Å². The van der Waals surface area contributed by atoms with Crippen LogP contribution in [0.2, 0.25) is 5.02 Å². The smallest absolute Gasteiger partial charge is 0.156 e. The van der Waals surface area contributed by atoms with Crippen molar-refractivity contribution in [3.8, 4) is 11.3 Å². The summed E-state index contributed by atoms with van der Waals surface area (Å²) in [6.07, 6.45) is 0. The highest BCUT2D eigenvalue weighted by Crippen LogP contribution is 2.30. The van der Waals surface area contributed by atoms with Gasteiger partial charge in [0.15, 0.2) is 4.60 Å². The molecule has 0 aliphatic rings. The number of benzene rings is 1. The molecule has 1 aromatic heterocycles. The first-order valence-electron chi connectivity index (χ1n) is 5.12. The first-order valence-corrected chi connectivity index (χ1v) is 6.29. The summed E-state index contributed by atoms with van der Waals surface area (Å²) in [6.45, 7) is 0.744. The zero-order chi connectivity index (χ0) is 12.4. The van der Waals surface area contributed by atoms with Gasteiger partial charge in [-0.2, -0.15) is 0 Å². The summed E-state index contributed by atoms with van der Waals surface area (Å²) in [5.41, 5.74) is 3.14. The highest BCUT2D eigenvalue weighted by atomic mass is 79.9. The Bertz CT molecular complexity index is 519. The molecular formula is C11H12BrClN4. The number of aromatic nitrogens is 3. The van der Waals surface area contributed by atoms with E-state index in [2.05, 4.69) is 31.6 Å². The second-order valence-electron chi connectivity index (χ2n) is 3.68. The first-order chi connectivity index (χ1) is 8.13. The zero-order valence-electron chi connectivity index (χ0n) is 9.54. The molecule has 1 aromatic carbocycles. The van der Waals surface area contributed by atoms with Gasteiger partial charge in [-0.25, -0.2) is 4.68 Å². The number of nitrogens with zero attached hydrogens (tertiary/aromatic N) is 3. The van der Waals surface area contributed by atoms with Gasteiger partial charge < -0.3 is 5.32 Å². The monoisotopic (exact) mass is 314 g/mol. The SMILES string of the molecule is CNCc1cc(Cl)ccc1-c1c(Br)nnn1C. The van der Waals surface area contributed by atoms with Crippen molar-refractivity contribution in [3.63, 3.8) is 0 Å². The minimum atomic E-state index is 0.727. The second kappa shape index (κ2) is 5.16. The summed E-state index contributed by atoms with van der Waals surface area (Å²) in [7, 11) is 3.77. The number of nitrogens with one attached hydrogen (secondary N) is 1. The Morgan fingerprint density at radius 1 is 1.47 bits per heavy atom. The Hall–Kier alpha value is -0.910. The lowest BCUT2D eigenvalue weighted by Crippen LogP contribution is -2.07. The van der Waals surface area contributed by atoms with E-state index in [-0.39, 0.29) is 0 Å². The summed E-state index contributed by atoms with van der Waals surface area (Å²) < 4.78 is 2.48. The fraction of sp³-hybridized carbons (Fsp3) is 0.273. The molecule has 0 aliphatic carbocycles. The molecule has 0 unspecified atom stereocenters. The van der Waals surface area contributed by atoms with Crippen LogP contribution in [0.3, 0.4) is 0 Å². The lowest BCUT2D eigenvalue weighted by atomic mass is 10.0. The third-order valence-electron chi connectivity index (χ3n) is 2.48. The molecule has 0 atom stereocenters. The van der Waals surface area contributed by atoms with Gasteiger partial charge in [0.1, 0.15) is 5.69 Å². The topological polar surface area (TPSA) is 42.7 Å². The second-order valence-corrected chi connectivity index (χ2v) is 4.87. The Kier molecular flexibility index (Phi) is 3.81. The van der Waals surface area contributed by atoms with Gasteiger partial charge in [0.2, 0.25) is 0 Å². The van der Waals surface area contributed by atoms with Gasteiger partial charge in [0.25, 0.3) is 0 Å². The van der Waals surface area contributed by atoms with Crippen LogP contribution in [0.15, 0.2) is 22.8 Å². The molecule has 2 aromatic rings. The van der Waals surface area contributed by atoms with Crippen molar-refractivity contribution < 1.29 is 0 Å². The van der Waals surface area contributed by atoms with E-state index in [1.54, 1.807) is 4.68 Å². The fourth-order valence-electron chi connectivity index (χ4n) is 1.75. The van der Waals surface area contributed by atoms with Crippen molar-refractivity contribution in [2.75, 3.05) is 7.05 Å². The number of hydrogen-bond acceptors (Lipinski definition) is 3. The molecule has 0 fully saturated rings. The Balaban J connectivity index is 2.58. The van der Waals surface area contributed by atoms with Gasteiger partial charge >= 0.3 is 0 Å². The molecule has 0 radical (unpaired) electrons. The molecule has 1 heterocycles. The molecule has 6 heteroatoms. The molecule has 0 saturated heterocycles. The molecule has 90 valence electrons. The maximum atomic E-state index is 6.02. The van der Waals surface area contributed by atoms with Crippen LogP contribution in [-0.2, 0) is 13.6 Å². The molecule has 0 spiro atoms. The molecule has 2 rings (SSSR count). The van der Waals surface area contributed by atoms with Gasteiger partial charge in [-0.15, -0.1) is 5.10 Å². The fourth-order valence-corrected chi connectivity index (χ4v) is 2.48. The molecular weight excluding hydrogens is 304 g/mol. The quantitative estimate of drug-likeness (QED) is 0.947. The van der Waals surface area contributed by atoms with E-state index in [0.29, 0.717) is 0 Å². The zero-order valence-corrected chi connectivity index (χ0v) is 11.9. The number of hydrogen-bond donors (Lipinski definition) is 1. The standard InChI is InChI=1S/C11H12BrClN4/c1-14-6-7-5-8(13)3-4-9(7)10-11(12)15-16-17(10)2/h3-5,14H,6H2,1-2H3. The molecule has 17 heavy (non-hydrogen) atoms. The van der Waals surface area contributed by atoms with Crippen LogP contribution in [0, 0.1) is 0 Å². The molecule has 0 amide bonds. The van der Waals surface area contributed by atoms with Crippen LogP contribution in [0.1, 0.15) is 5.56 Å². The van der Waals surface area contributed by atoms with Crippen LogP contribution in [0.25, 0.3) is 11.3 Å². The van der Waals surface area contributed by atoms with Crippen molar-refractivity contribution in [3.05, 3.63) is 33.4 Å². The first kappa shape index (κ1) is 12.5. The van der Waals surface area contributed by atoms with Crippen molar-refractivity contribution in [1.29, 1.82) is 0 Å². The van der Waals surface area contributed by atoms with Gasteiger partial charge in [0, 0.05) is 24.2 Å². The lowest BCUT2D eigenvalue weighted by molar-refractivity contribution is 0.718. The predicted molar refractivity (Wildman–Crippen MR) is 71.9 cm³/mol. The Labute approximate surface area is 113 Å². The number of rotatable bonds is 3. The Morgan fingerprint density at radius 2 is 2.24 bits per heavy atom. The highest BCUT2D eigenvalue weighted by molar-refractivity contribution is 9.10. The third kappa shape index (κ3) is 2.51. The van der Waals surface area contributed by atoms with Crippen LogP contribution in [0.4, 0.5) is 0 Å². The summed E-state index contributed by atoms with van der Waals surface area (Å²) >= 11 is 9.43. The average Bonchev–Trinajstić information content (AvgIpc) is 2.61. The number of halogens is 2. The van der Waals surface area contributed by atoms with Crippen molar-refractivity contribution >= 4 is 27.5 Å². The van der Waals surface area contributed by atoms with Crippen LogP contribution in [0.5, 0.6) is 0 Å². The van der Waals surface area contributed by atoms with Gasteiger partial charge in [-0.1, -0.05) is 22.9 Å². The molecule has 0 aliphatic heterocycles. The van der Waals surface area contributed by atoms with Crippen LogP contribution in [-0.4, -0.2) is 22.0 Å². The summed E-state index contributed by atoms with van der Waals surface area (Å²) in [4.78, 5) is 0. The van der Waals surface area contributed by atoms with E-state index in [0.717, 1.165) is 33.0 Å². The van der Waals surface area contributed by atoms with Gasteiger partial charge in [0.05, 0.1) is 0 Å². The van der Waals surface area contributed by atoms with Crippen molar-refractivity contribution in [2.45, 2.75) is 6.54 Å². The predicted octanol–water partition coefficient (Wildman–Crippen LogP) is 2.62. The van der Waals surface area contributed by atoms with E-state index >= 15 is 0 Å². The molecule has 0 bridgehead atoms. The largest absolute Gasteiger partial charge is 0.316 e. The average molecular weight is 316 g/mol. The Morgan fingerprint density at radius 3 is 2.82 bits per heavy atom. The minimum Gasteiger partial charge on any atom is -0.316 e. The van der Waals surface area contributed by atoms with Crippen molar-refractivity contribution in [1.82, 2.24) is 20.3 Å². The summed E-state index contributed by atoms with van der Waals surface area (Å²) in [5.74, 6) is 0. The van der Waals surface area contributed by atoms with E-state index in [1.165, 1.54) is 0 Å². The maximum Gasteiger partial charge on any atom is 0.156 e. The van der Waals surface area contributed by atoms with Gasteiger partial charge in [-0.3, -0.25) is 0 Å². The van der Waals surface area contributed by atoms with E-state index in [1.807, 2.05) is 32.3 Å². The minimum absolute atomic E-state index is 0.727. The molecule has 0 saturated carbocycles. The van der Waals surface area contributed by atoms with Crippen LogP contribution >= 0.6 is 27.5 Å². The number of aryl methyl sites for hydroxylation is 1. The highest BCUT2D eigenvalue weighted by Gasteiger charge is 2.14. The molecule has 4 nitrogen and oxygen atoms in total. The van der Waals surface area contributed by atoms with E-state index in [4.69, 9.17) is 11.6 Å². The maximum absolute atomic E-state index is 6.02. The van der Waals surface area contributed by atoms with Crippen molar-refractivity contribution in [2.24, 2.45) is 7.05 Å². The summed E-state index contributed by atoms with van der Waals surface area (Å²) in [5, 5.41) is 11.8. The van der Waals surface area contributed by atoms with E-state index in [9.17, 15) is 0 Å². The summed E-state index contributed by atoms with van der Waals surface area (Å²) in [6, 6.07) is 5.81. The third-order valence-corrected chi connectivity index (χ3v) is 3.24.